The van der Waals surface area contributed by atoms with Gasteiger partial charge in [-0.25, -0.2) is 8.42 Å². The summed E-state index contributed by atoms with van der Waals surface area (Å²) >= 11 is 1.45. The topological polar surface area (TPSA) is 80.5 Å². The van der Waals surface area contributed by atoms with Crippen LogP contribution in [-0.4, -0.2) is 49.6 Å². The number of sulfone groups is 1. The van der Waals surface area contributed by atoms with Crippen LogP contribution in [0.5, 0.6) is 0 Å². The van der Waals surface area contributed by atoms with Crippen molar-refractivity contribution in [3.63, 3.8) is 0 Å². The van der Waals surface area contributed by atoms with Crippen LogP contribution in [0.15, 0.2) is 23.1 Å². The number of rotatable bonds is 4. The third kappa shape index (κ3) is 4.14. The Labute approximate surface area is 129 Å². The van der Waals surface area contributed by atoms with Crippen LogP contribution in [-0.2, 0) is 14.6 Å². The molecular formula is C14H20N2O3S2. The first-order valence-electron chi connectivity index (χ1n) is 6.73. The summed E-state index contributed by atoms with van der Waals surface area (Å²) in [6.45, 7) is 1.95. The fourth-order valence-corrected chi connectivity index (χ4v) is 5.07. The van der Waals surface area contributed by atoms with Gasteiger partial charge in [-0.05, 0) is 37.1 Å². The molecule has 0 radical (unpaired) electrons. The molecule has 116 valence electrons. The number of nitrogen functional groups attached to an aromatic ring is 1. The third-order valence-corrected chi connectivity index (χ3v) is 6.61. The van der Waals surface area contributed by atoms with Gasteiger partial charge in [-0.15, -0.1) is 11.8 Å². The van der Waals surface area contributed by atoms with Crippen molar-refractivity contribution in [1.82, 2.24) is 4.90 Å². The van der Waals surface area contributed by atoms with E-state index < -0.39 is 9.84 Å². The molecule has 2 N–H and O–H groups in total. The van der Waals surface area contributed by atoms with Gasteiger partial charge in [-0.2, -0.15) is 0 Å². The van der Waals surface area contributed by atoms with Crippen molar-refractivity contribution in [3.8, 4) is 0 Å². The number of thioether (sulfide) groups is 1. The monoisotopic (exact) mass is 328 g/mol. The summed E-state index contributed by atoms with van der Waals surface area (Å²) < 4.78 is 22.9. The minimum absolute atomic E-state index is 0.0432. The fraction of sp³-hybridized carbons (Fsp3) is 0.500. The highest BCUT2D eigenvalue weighted by Crippen LogP contribution is 2.25. The minimum Gasteiger partial charge on any atom is -0.399 e. The largest absolute Gasteiger partial charge is 0.399 e. The minimum atomic E-state index is -2.97. The summed E-state index contributed by atoms with van der Waals surface area (Å²) in [4.78, 5) is 14.8. The lowest BCUT2D eigenvalue weighted by atomic mass is 10.2. The molecule has 0 aromatic heterocycles. The maximum Gasteiger partial charge on any atom is 0.232 e. The van der Waals surface area contributed by atoms with E-state index >= 15 is 0 Å². The second kappa shape index (κ2) is 6.27. The molecular weight excluding hydrogens is 308 g/mol. The third-order valence-electron chi connectivity index (χ3n) is 3.70. The first kappa shape index (κ1) is 16.2. The molecule has 0 saturated carbocycles. The molecule has 0 spiro atoms. The summed E-state index contributed by atoms with van der Waals surface area (Å²) in [6, 6.07) is 5.41. The molecule has 1 atom stereocenters. The Hall–Kier alpha value is -1.21. The van der Waals surface area contributed by atoms with Gasteiger partial charge in [0.15, 0.2) is 9.84 Å². The van der Waals surface area contributed by atoms with Crippen LogP contribution in [0, 0.1) is 6.92 Å². The van der Waals surface area contributed by atoms with Gasteiger partial charge in [0, 0.05) is 23.7 Å². The van der Waals surface area contributed by atoms with Crippen LogP contribution in [0.2, 0.25) is 0 Å². The Morgan fingerprint density at radius 1 is 1.48 bits per heavy atom. The van der Waals surface area contributed by atoms with Gasteiger partial charge < -0.3 is 10.6 Å². The van der Waals surface area contributed by atoms with Crippen molar-refractivity contribution in [2.24, 2.45) is 0 Å². The maximum absolute atomic E-state index is 12.2. The van der Waals surface area contributed by atoms with Crippen LogP contribution in [0.25, 0.3) is 0 Å². The Balaban J connectivity index is 1.92. The Kier molecular flexibility index (Phi) is 4.83. The summed E-state index contributed by atoms with van der Waals surface area (Å²) in [5.74, 6) is 0.524. The van der Waals surface area contributed by atoms with Gasteiger partial charge in [0.2, 0.25) is 5.91 Å². The molecule has 7 heteroatoms. The molecule has 1 saturated heterocycles. The van der Waals surface area contributed by atoms with Crippen LogP contribution in [0.1, 0.15) is 12.0 Å². The van der Waals surface area contributed by atoms with Crippen molar-refractivity contribution in [2.75, 3.05) is 30.0 Å². The zero-order valence-corrected chi connectivity index (χ0v) is 13.8. The zero-order chi connectivity index (χ0) is 15.6. The van der Waals surface area contributed by atoms with Crippen LogP contribution in [0.4, 0.5) is 5.69 Å². The number of carbonyl (C=O) groups excluding carboxylic acids is 1. The van der Waals surface area contributed by atoms with E-state index in [4.69, 9.17) is 5.73 Å². The average molecular weight is 328 g/mol. The predicted octanol–water partition coefficient (Wildman–Crippen LogP) is 1.31. The van der Waals surface area contributed by atoms with Crippen molar-refractivity contribution >= 4 is 33.2 Å². The number of nitrogens with zero attached hydrogens (tertiary/aromatic N) is 1. The highest BCUT2D eigenvalue weighted by molar-refractivity contribution is 8.00. The highest BCUT2D eigenvalue weighted by atomic mass is 32.2. The zero-order valence-electron chi connectivity index (χ0n) is 12.2. The Bertz CT molecular complexity index is 644. The molecule has 1 unspecified atom stereocenters. The lowest BCUT2D eigenvalue weighted by Crippen LogP contribution is -2.38. The normalized spacial score (nSPS) is 20.4. The molecule has 1 aliphatic heterocycles. The Morgan fingerprint density at radius 2 is 2.19 bits per heavy atom. The second-order valence-electron chi connectivity index (χ2n) is 5.38. The molecule has 1 aliphatic rings. The second-order valence-corrected chi connectivity index (χ2v) is 8.62. The first-order valence-corrected chi connectivity index (χ1v) is 9.54. The highest BCUT2D eigenvalue weighted by Gasteiger charge is 2.32. The molecule has 1 aromatic rings. The van der Waals surface area contributed by atoms with Gasteiger partial charge in [0.1, 0.15) is 0 Å². The number of amides is 1. The van der Waals surface area contributed by atoms with Crippen LogP contribution in [0.3, 0.4) is 0 Å². The average Bonchev–Trinajstić information content (AvgIpc) is 2.77. The number of hydrogen-bond acceptors (Lipinski definition) is 5. The van der Waals surface area contributed by atoms with Gasteiger partial charge >= 0.3 is 0 Å². The van der Waals surface area contributed by atoms with E-state index in [1.807, 2.05) is 25.1 Å². The molecule has 21 heavy (non-hydrogen) atoms. The van der Waals surface area contributed by atoms with E-state index in [-0.39, 0.29) is 23.5 Å². The van der Waals surface area contributed by atoms with Gasteiger partial charge in [0.05, 0.1) is 17.3 Å². The van der Waals surface area contributed by atoms with E-state index in [2.05, 4.69) is 0 Å². The quantitative estimate of drug-likeness (QED) is 0.666. The molecule has 0 bridgehead atoms. The predicted molar refractivity (Wildman–Crippen MR) is 86.1 cm³/mol. The smallest absolute Gasteiger partial charge is 0.232 e. The number of hydrogen-bond donors (Lipinski definition) is 1. The fourth-order valence-electron chi connectivity index (χ4n) is 2.36. The van der Waals surface area contributed by atoms with E-state index in [1.165, 1.54) is 11.8 Å². The standard InChI is InChI=1S/C14H20N2O3S2/c1-10-7-11(15)3-4-13(10)20-8-14(17)16(2)12-5-6-21(18,19)9-12/h3-4,7,12H,5-6,8-9,15H2,1-2H3. The van der Waals surface area contributed by atoms with Crippen molar-refractivity contribution in [1.29, 1.82) is 0 Å². The van der Waals surface area contributed by atoms with Crippen molar-refractivity contribution in [3.05, 3.63) is 23.8 Å². The number of aryl methyl sites for hydroxylation is 1. The SMILES string of the molecule is Cc1cc(N)ccc1SCC(=O)N(C)C1CCS(=O)(=O)C1. The first-order chi connectivity index (χ1) is 9.78. The van der Waals surface area contributed by atoms with Crippen molar-refractivity contribution < 1.29 is 13.2 Å². The summed E-state index contributed by atoms with van der Waals surface area (Å²) in [7, 11) is -1.28. The molecule has 5 nitrogen and oxygen atoms in total. The van der Waals surface area contributed by atoms with E-state index in [9.17, 15) is 13.2 Å². The van der Waals surface area contributed by atoms with E-state index in [0.29, 0.717) is 17.9 Å². The Morgan fingerprint density at radius 3 is 2.76 bits per heavy atom. The molecule has 1 amide bonds. The van der Waals surface area contributed by atoms with Gasteiger partial charge in [0.25, 0.3) is 0 Å². The number of nitrogens with two attached hydrogens (primary N) is 1. The summed E-state index contributed by atoms with van der Waals surface area (Å²) in [5, 5.41) is 0. The van der Waals surface area contributed by atoms with E-state index in [1.54, 1.807) is 11.9 Å². The molecule has 2 rings (SSSR count). The summed E-state index contributed by atoms with van der Waals surface area (Å²) in [6.07, 6.45) is 0.538. The molecule has 0 aliphatic carbocycles. The molecule has 1 aromatic carbocycles. The molecule has 1 heterocycles. The summed E-state index contributed by atoms with van der Waals surface area (Å²) in [5.41, 5.74) is 7.44. The lowest BCUT2D eigenvalue weighted by molar-refractivity contribution is -0.128. The number of anilines is 1. The van der Waals surface area contributed by atoms with Crippen LogP contribution < -0.4 is 5.73 Å². The van der Waals surface area contributed by atoms with Crippen molar-refractivity contribution in [2.45, 2.75) is 24.3 Å². The maximum atomic E-state index is 12.2. The number of carbonyl (C=O) groups is 1. The lowest BCUT2D eigenvalue weighted by Gasteiger charge is -2.23. The number of benzene rings is 1. The van der Waals surface area contributed by atoms with E-state index in [0.717, 1.165) is 10.5 Å². The van der Waals surface area contributed by atoms with Crippen LogP contribution >= 0.6 is 11.8 Å². The molecule has 1 fully saturated rings. The van der Waals surface area contributed by atoms with Gasteiger partial charge in [-0.3, -0.25) is 4.79 Å². The van der Waals surface area contributed by atoms with Gasteiger partial charge in [-0.1, -0.05) is 0 Å².